The average Bonchev–Trinajstić information content (AvgIpc) is 2.97. The van der Waals surface area contributed by atoms with Gasteiger partial charge in [-0.25, -0.2) is 4.68 Å². The first kappa shape index (κ1) is 15.6. The zero-order valence-corrected chi connectivity index (χ0v) is 14.3. The maximum atomic E-state index is 6.18. The summed E-state index contributed by atoms with van der Waals surface area (Å²) >= 11 is 6.18. The highest BCUT2D eigenvalue weighted by molar-refractivity contribution is 6.62. The quantitative estimate of drug-likeness (QED) is 0.798. The van der Waals surface area contributed by atoms with Crippen LogP contribution in [-0.4, -0.2) is 28.1 Å². The minimum Gasteiger partial charge on any atom is -0.399 e. The van der Waals surface area contributed by atoms with Crippen LogP contribution in [0.15, 0.2) is 30.6 Å². The number of rotatable bonds is 2. The molecule has 1 fully saturated rings. The van der Waals surface area contributed by atoms with Crippen LogP contribution in [0.25, 0.3) is 5.69 Å². The normalized spacial score (nSPS) is 19.6. The van der Waals surface area contributed by atoms with Gasteiger partial charge in [-0.2, -0.15) is 5.10 Å². The molecule has 0 radical (unpaired) electrons. The molecule has 2 aromatic rings. The van der Waals surface area contributed by atoms with Gasteiger partial charge in [0.05, 0.1) is 16.9 Å². The van der Waals surface area contributed by atoms with E-state index in [1.807, 2.05) is 63.7 Å². The second kappa shape index (κ2) is 5.12. The third kappa shape index (κ3) is 2.47. The Balaban J connectivity index is 1.91. The van der Waals surface area contributed by atoms with Crippen LogP contribution in [0, 0.1) is 6.92 Å². The van der Waals surface area contributed by atoms with Crippen LogP contribution in [0.1, 0.15) is 33.3 Å². The van der Waals surface area contributed by atoms with Crippen molar-refractivity contribution < 1.29 is 9.31 Å². The van der Waals surface area contributed by atoms with Gasteiger partial charge in [-0.3, -0.25) is 0 Å². The Morgan fingerprint density at radius 2 is 1.77 bits per heavy atom. The molecule has 0 aliphatic carbocycles. The molecular formula is C16H20BClN2O2. The third-order valence-corrected chi connectivity index (χ3v) is 5.02. The molecule has 0 atom stereocenters. The first-order chi connectivity index (χ1) is 10.2. The molecule has 0 amide bonds. The van der Waals surface area contributed by atoms with E-state index in [1.54, 1.807) is 6.20 Å². The molecule has 3 rings (SSSR count). The smallest absolute Gasteiger partial charge is 0.399 e. The Kier molecular flexibility index (Phi) is 3.63. The summed E-state index contributed by atoms with van der Waals surface area (Å²) in [7, 11) is -0.404. The van der Waals surface area contributed by atoms with E-state index in [2.05, 4.69) is 5.10 Å². The molecule has 6 heteroatoms. The van der Waals surface area contributed by atoms with E-state index in [0.717, 1.165) is 21.7 Å². The van der Waals surface area contributed by atoms with Gasteiger partial charge in [0.25, 0.3) is 0 Å². The zero-order chi connectivity index (χ0) is 16.1. The molecule has 2 heterocycles. The van der Waals surface area contributed by atoms with Crippen molar-refractivity contribution in [1.82, 2.24) is 9.78 Å². The predicted octanol–water partition coefficient (Wildman–Crippen LogP) is 3.13. The highest BCUT2D eigenvalue weighted by Gasteiger charge is 2.52. The van der Waals surface area contributed by atoms with Crippen molar-refractivity contribution in [2.24, 2.45) is 0 Å². The van der Waals surface area contributed by atoms with Gasteiger partial charge < -0.3 is 9.31 Å². The number of nitrogens with zero attached hydrogens (tertiary/aromatic N) is 2. The summed E-state index contributed by atoms with van der Waals surface area (Å²) in [5.41, 5.74) is 2.14. The molecule has 0 saturated carbocycles. The monoisotopic (exact) mass is 318 g/mol. The fourth-order valence-electron chi connectivity index (χ4n) is 2.41. The van der Waals surface area contributed by atoms with Gasteiger partial charge in [0.1, 0.15) is 0 Å². The fourth-order valence-corrected chi connectivity index (χ4v) is 2.58. The topological polar surface area (TPSA) is 36.3 Å². The number of halogens is 1. The number of hydrogen-bond acceptors (Lipinski definition) is 3. The van der Waals surface area contributed by atoms with E-state index in [9.17, 15) is 0 Å². The minimum atomic E-state index is -0.404. The van der Waals surface area contributed by atoms with Gasteiger partial charge in [0.2, 0.25) is 0 Å². The van der Waals surface area contributed by atoms with Crippen LogP contribution < -0.4 is 5.46 Å². The van der Waals surface area contributed by atoms with E-state index in [4.69, 9.17) is 20.9 Å². The number of aromatic nitrogens is 2. The van der Waals surface area contributed by atoms with Crippen molar-refractivity contribution in [3.63, 3.8) is 0 Å². The lowest BCUT2D eigenvalue weighted by molar-refractivity contribution is 0.00578. The number of hydrogen-bond donors (Lipinski definition) is 0. The molecule has 22 heavy (non-hydrogen) atoms. The lowest BCUT2D eigenvalue weighted by Crippen LogP contribution is -2.41. The Morgan fingerprint density at radius 1 is 1.14 bits per heavy atom. The largest absolute Gasteiger partial charge is 0.498 e. The van der Waals surface area contributed by atoms with Crippen molar-refractivity contribution >= 4 is 24.2 Å². The van der Waals surface area contributed by atoms with Crippen molar-refractivity contribution in [2.75, 3.05) is 0 Å². The first-order valence-electron chi connectivity index (χ1n) is 7.37. The van der Waals surface area contributed by atoms with E-state index in [0.29, 0.717) is 0 Å². The molecule has 1 aliphatic heterocycles. The summed E-state index contributed by atoms with van der Waals surface area (Å²) < 4.78 is 13.9. The SMILES string of the molecule is Cc1c(Cl)cccc1-n1cc(B2OC(C)(C)C(C)(C)O2)cn1. The molecular weight excluding hydrogens is 298 g/mol. The first-order valence-corrected chi connectivity index (χ1v) is 7.75. The van der Waals surface area contributed by atoms with Crippen LogP contribution in [0.5, 0.6) is 0 Å². The van der Waals surface area contributed by atoms with Crippen molar-refractivity contribution in [1.29, 1.82) is 0 Å². The highest BCUT2D eigenvalue weighted by Crippen LogP contribution is 2.36. The van der Waals surface area contributed by atoms with Gasteiger partial charge in [-0.1, -0.05) is 17.7 Å². The zero-order valence-electron chi connectivity index (χ0n) is 13.6. The molecule has 0 N–H and O–H groups in total. The van der Waals surface area contributed by atoms with E-state index >= 15 is 0 Å². The van der Waals surface area contributed by atoms with E-state index < -0.39 is 7.12 Å². The second-order valence-corrected chi connectivity index (χ2v) is 7.10. The molecule has 1 aromatic heterocycles. The summed E-state index contributed by atoms with van der Waals surface area (Å²) in [4.78, 5) is 0. The predicted molar refractivity (Wildman–Crippen MR) is 89.0 cm³/mol. The summed E-state index contributed by atoms with van der Waals surface area (Å²) in [6, 6.07) is 5.78. The molecule has 116 valence electrons. The Bertz CT molecular complexity index is 696. The fraction of sp³-hybridized carbons (Fsp3) is 0.438. The molecule has 1 aliphatic rings. The molecule has 1 aromatic carbocycles. The Labute approximate surface area is 136 Å². The minimum absolute atomic E-state index is 0.355. The van der Waals surface area contributed by atoms with Crippen molar-refractivity contribution in [3.8, 4) is 5.69 Å². The van der Waals surface area contributed by atoms with Crippen LogP contribution >= 0.6 is 11.6 Å². The van der Waals surface area contributed by atoms with Gasteiger partial charge >= 0.3 is 7.12 Å². The molecule has 1 saturated heterocycles. The van der Waals surface area contributed by atoms with Crippen LogP contribution in [0.4, 0.5) is 0 Å². The summed E-state index contributed by atoms with van der Waals surface area (Å²) in [5, 5.41) is 5.15. The van der Waals surface area contributed by atoms with E-state index in [-0.39, 0.29) is 11.2 Å². The van der Waals surface area contributed by atoms with Crippen LogP contribution in [-0.2, 0) is 9.31 Å². The standard InChI is InChI=1S/C16H20BClN2O2/c1-11-13(18)7-6-8-14(11)20-10-12(9-19-20)17-21-15(2,3)16(4,5)22-17/h6-10H,1-5H3. The third-order valence-electron chi connectivity index (χ3n) is 4.61. The van der Waals surface area contributed by atoms with Gasteiger partial charge in [-0.05, 0) is 52.3 Å². The Hall–Kier alpha value is -1.30. The second-order valence-electron chi connectivity index (χ2n) is 6.69. The highest BCUT2D eigenvalue weighted by atomic mass is 35.5. The van der Waals surface area contributed by atoms with Gasteiger partial charge in [0, 0.05) is 22.9 Å². The number of benzene rings is 1. The van der Waals surface area contributed by atoms with E-state index in [1.165, 1.54) is 0 Å². The molecule has 0 spiro atoms. The van der Waals surface area contributed by atoms with Gasteiger partial charge in [-0.15, -0.1) is 0 Å². The Morgan fingerprint density at radius 3 is 2.41 bits per heavy atom. The maximum absolute atomic E-state index is 6.18. The molecule has 4 nitrogen and oxygen atoms in total. The lowest BCUT2D eigenvalue weighted by Gasteiger charge is -2.32. The summed E-state index contributed by atoms with van der Waals surface area (Å²) in [6.07, 6.45) is 3.71. The van der Waals surface area contributed by atoms with Crippen LogP contribution in [0.2, 0.25) is 5.02 Å². The lowest BCUT2D eigenvalue weighted by atomic mass is 9.82. The average molecular weight is 319 g/mol. The molecule has 0 bridgehead atoms. The van der Waals surface area contributed by atoms with Crippen molar-refractivity contribution in [3.05, 3.63) is 41.2 Å². The summed E-state index contributed by atoms with van der Waals surface area (Å²) in [5.74, 6) is 0. The van der Waals surface area contributed by atoms with Gasteiger partial charge in [0.15, 0.2) is 0 Å². The summed E-state index contributed by atoms with van der Waals surface area (Å²) in [6.45, 7) is 10.1. The van der Waals surface area contributed by atoms with Crippen LogP contribution in [0.3, 0.4) is 0 Å². The van der Waals surface area contributed by atoms with Crippen molar-refractivity contribution in [2.45, 2.75) is 45.8 Å². The maximum Gasteiger partial charge on any atom is 0.498 e. The molecule has 0 unspecified atom stereocenters.